The summed E-state index contributed by atoms with van der Waals surface area (Å²) in [5.74, 6) is -2.11. The van der Waals surface area contributed by atoms with Gasteiger partial charge < -0.3 is 10.0 Å². The second-order valence-electron chi connectivity index (χ2n) is 7.74. The van der Waals surface area contributed by atoms with Crippen molar-refractivity contribution in [2.75, 3.05) is 30.5 Å². The van der Waals surface area contributed by atoms with Crippen molar-refractivity contribution in [2.24, 2.45) is 5.41 Å². The van der Waals surface area contributed by atoms with E-state index >= 15 is 0 Å². The third-order valence-electron chi connectivity index (χ3n) is 5.10. The van der Waals surface area contributed by atoms with E-state index in [1.807, 2.05) is 0 Å². The second kappa shape index (κ2) is 6.70. The van der Waals surface area contributed by atoms with Crippen LogP contribution < -0.4 is 9.03 Å². The zero-order valence-electron chi connectivity index (χ0n) is 15.0. The molecule has 0 unspecified atom stereocenters. The summed E-state index contributed by atoms with van der Waals surface area (Å²) in [7, 11) is -4.16. The fourth-order valence-electron chi connectivity index (χ4n) is 3.35. The zero-order chi connectivity index (χ0) is 19.1. The highest BCUT2D eigenvalue weighted by molar-refractivity contribution is 7.92. The molecule has 0 bridgehead atoms. The van der Waals surface area contributed by atoms with Gasteiger partial charge in [-0.05, 0) is 55.5 Å². The van der Waals surface area contributed by atoms with Crippen LogP contribution in [0, 0.1) is 11.2 Å². The Labute approximate surface area is 153 Å². The van der Waals surface area contributed by atoms with E-state index in [1.165, 1.54) is 12.1 Å². The molecule has 144 valence electrons. The molecule has 0 radical (unpaired) electrons. The third-order valence-corrected chi connectivity index (χ3v) is 6.48. The van der Waals surface area contributed by atoms with Crippen molar-refractivity contribution in [2.45, 2.75) is 33.1 Å². The highest BCUT2D eigenvalue weighted by Gasteiger charge is 2.37. The van der Waals surface area contributed by atoms with E-state index in [0.717, 1.165) is 32.5 Å². The average Bonchev–Trinajstić information content (AvgIpc) is 2.78. The maximum atomic E-state index is 14.5. The smallest absolute Gasteiger partial charge is 0.326 e. The summed E-state index contributed by atoms with van der Waals surface area (Å²) >= 11 is 0. The van der Waals surface area contributed by atoms with Gasteiger partial charge in [-0.2, -0.15) is 8.42 Å². The van der Waals surface area contributed by atoms with E-state index in [0.29, 0.717) is 21.7 Å². The number of anilines is 1. The van der Waals surface area contributed by atoms with E-state index in [4.69, 9.17) is 0 Å². The van der Waals surface area contributed by atoms with Gasteiger partial charge in [-0.15, -0.1) is 0 Å². The van der Waals surface area contributed by atoms with Gasteiger partial charge in [0.15, 0.2) is 5.82 Å². The van der Waals surface area contributed by atoms with Gasteiger partial charge in [-0.1, -0.05) is 13.8 Å². The first-order chi connectivity index (χ1) is 12.1. The summed E-state index contributed by atoms with van der Waals surface area (Å²) in [5, 5.41) is 10.2. The molecule has 9 heteroatoms. The standard InChI is InChI=1S/C17H24FN3O4S/c1-17(2)4-7-20(8-5-17)6-3-12-9-13(18)16(14(22)10-12)21-11-15(23)19-26(21,24)25/h9-10,22H,3-8,11H2,1-2H3,(H,19,23). The van der Waals surface area contributed by atoms with Crippen LogP contribution in [0.25, 0.3) is 0 Å². The van der Waals surface area contributed by atoms with E-state index in [1.54, 1.807) is 4.72 Å². The molecule has 2 heterocycles. The van der Waals surface area contributed by atoms with Crippen molar-refractivity contribution in [1.82, 2.24) is 9.62 Å². The first-order valence-electron chi connectivity index (χ1n) is 8.64. The molecule has 1 amide bonds. The van der Waals surface area contributed by atoms with E-state index in [9.17, 15) is 22.7 Å². The molecule has 2 aliphatic heterocycles. The van der Waals surface area contributed by atoms with Crippen LogP contribution in [0.5, 0.6) is 5.75 Å². The van der Waals surface area contributed by atoms with Crippen LogP contribution in [0.15, 0.2) is 12.1 Å². The van der Waals surface area contributed by atoms with Crippen molar-refractivity contribution in [3.63, 3.8) is 0 Å². The molecule has 7 nitrogen and oxygen atoms in total. The highest BCUT2D eigenvalue weighted by atomic mass is 32.2. The van der Waals surface area contributed by atoms with Crippen LogP contribution in [0.3, 0.4) is 0 Å². The molecular weight excluding hydrogens is 361 g/mol. The Morgan fingerprint density at radius 2 is 1.92 bits per heavy atom. The van der Waals surface area contributed by atoms with E-state index in [-0.39, 0.29) is 0 Å². The molecule has 2 fully saturated rings. The van der Waals surface area contributed by atoms with Gasteiger partial charge in [0.2, 0.25) is 0 Å². The van der Waals surface area contributed by atoms with Gasteiger partial charge in [0, 0.05) is 6.54 Å². The quantitative estimate of drug-likeness (QED) is 0.817. The lowest BCUT2D eigenvalue weighted by Crippen LogP contribution is -2.38. The van der Waals surface area contributed by atoms with Gasteiger partial charge in [-0.3, -0.25) is 4.79 Å². The number of hydrogen-bond acceptors (Lipinski definition) is 5. The number of aromatic hydroxyl groups is 1. The number of nitrogens with one attached hydrogen (secondary N) is 1. The maximum Gasteiger partial charge on any atom is 0.326 e. The van der Waals surface area contributed by atoms with Crippen molar-refractivity contribution in [1.29, 1.82) is 0 Å². The highest BCUT2D eigenvalue weighted by Crippen LogP contribution is 2.35. The van der Waals surface area contributed by atoms with Crippen LogP contribution in [0.1, 0.15) is 32.3 Å². The zero-order valence-corrected chi connectivity index (χ0v) is 15.8. The summed E-state index contributed by atoms with van der Waals surface area (Å²) in [5.41, 5.74) is 0.450. The summed E-state index contributed by atoms with van der Waals surface area (Å²) < 4.78 is 40.5. The number of amides is 1. The number of phenolic OH excluding ortho intramolecular Hbond substituents is 1. The molecule has 2 saturated heterocycles. The predicted molar refractivity (Wildman–Crippen MR) is 95.6 cm³/mol. The number of nitrogens with zero attached hydrogens (tertiary/aromatic N) is 2. The Balaban J connectivity index is 1.71. The summed E-state index contributed by atoms with van der Waals surface area (Å²) in [6.07, 6.45) is 2.77. The van der Waals surface area contributed by atoms with E-state index < -0.39 is 39.9 Å². The van der Waals surface area contributed by atoms with Gasteiger partial charge >= 0.3 is 10.2 Å². The minimum Gasteiger partial charge on any atom is -0.506 e. The second-order valence-corrected chi connectivity index (χ2v) is 9.33. The largest absolute Gasteiger partial charge is 0.506 e. The molecule has 0 aliphatic carbocycles. The molecule has 1 aromatic rings. The topological polar surface area (TPSA) is 89.9 Å². The van der Waals surface area contributed by atoms with Crippen LogP contribution >= 0.6 is 0 Å². The number of phenols is 1. The Hall–Kier alpha value is -1.87. The predicted octanol–water partition coefficient (Wildman–Crippen LogP) is 1.38. The van der Waals surface area contributed by atoms with Gasteiger partial charge in [-0.25, -0.2) is 13.4 Å². The number of likely N-dealkylation sites (tertiary alicyclic amines) is 1. The van der Waals surface area contributed by atoms with Gasteiger partial charge in [0.25, 0.3) is 5.91 Å². The molecule has 26 heavy (non-hydrogen) atoms. The van der Waals surface area contributed by atoms with Crippen LogP contribution in [0.2, 0.25) is 0 Å². The van der Waals surface area contributed by atoms with E-state index in [2.05, 4.69) is 18.7 Å². The molecule has 2 N–H and O–H groups in total. The first kappa shape index (κ1) is 18.9. The summed E-state index contributed by atoms with van der Waals surface area (Å²) in [4.78, 5) is 13.6. The SMILES string of the molecule is CC1(C)CCN(CCc2cc(O)c(N3CC(=O)NS3(=O)=O)c(F)c2)CC1. The third kappa shape index (κ3) is 3.93. The average molecular weight is 385 g/mol. The van der Waals surface area contributed by atoms with Crippen molar-refractivity contribution in [3.8, 4) is 5.75 Å². The number of carbonyl (C=O) groups is 1. The Morgan fingerprint density at radius 1 is 1.27 bits per heavy atom. The lowest BCUT2D eigenvalue weighted by atomic mass is 9.82. The number of halogens is 1. The minimum absolute atomic E-state index is 0.356. The summed E-state index contributed by atoms with van der Waals surface area (Å²) in [6, 6.07) is 2.59. The van der Waals surface area contributed by atoms with Crippen molar-refractivity contribution < 1.29 is 22.7 Å². The number of carbonyl (C=O) groups excluding carboxylic acids is 1. The van der Waals surface area contributed by atoms with Crippen molar-refractivity contribution in [3.05, 3.63) is 23.5 Å². The lowest BCUT2D eigenvalue weighted by molar-refractivity contribution is -0.117. The molecule has 1 aromatic carbocycles. The van der Waals surface area contributed by atoms with Crippen molar-refractivity contribution >= 4 is 21.8 Å². The minimum atomic E-state index is -4.16. The van der Waals surface area contributed by atoms with Crippen LogP contribution in [-0.4, -0.2) is 50.5 Å². The summed E-state index contributed by atoms with van der Waals surface area (Å²) in [6.45, 7) is 6.68. The molecule has 0 atom stereocenters. The van der Waals surface area contributed by atoms with Gasteiger partial charge in [0.05, 0.1) is 0 Å². The van der Waals surface area contributed by atoms with Crippen LogP contribution in [-0.2, 0) is 21.4 Å². The normalized spacial score (nSPS) is 22.4. The number of hydrogen-bond donors (Lipinski definition) is 2. The number of rotatable bonds is 4. The Kier molecular flexibility index (Phi) is 4.87. The van der Waals surface area contributed by atoms with Gasteiger partial charge in [0.1, 0.15) is 18.0 Å². The number of piperidine rings is 1. The fraction of sp³-hybridized carbons (Fsp3) is 0.588. The monoisotopic (exact) mass is 385 g/mol. The number of benzene rings is 1. The molecule has 3 rings (SSSR count). The Bertz CT molecular complexity index is 792. The molecule has 0 aromatic heterocycles. The lowest BCUT2D eigenvalue weighted by Gasteiger charge is -2.36. The maximum absolute atomic E-state index is 14.5. The first-order valence-corrected chi connectivity index (χ1v) is 10.1. The van der Waals surface area contributed by atoms with Crippen LogP contribution in [0.4, 0.5) is 10.1 Å². The molecule has 0 saturated carbocycles. The fourth-order valence-corrected chi connectivity index (χ4v) is 4.52. The Morgan fingerprint density at radius 3 is 2.46 bits per heavy atom. The molecule has 2 aliphatic rings. The molecule has 0 spiro atoms. The molecular formula is C17H24FN3O4S.